The summed E-state index contributed by atoms with van der Waals surface area (Å²) in [4.78, 5) is 15.8. The molecule has 0 radical (unpaired) electrons. The maximum atomic E-state index is 13.9. The predicted molar refractivity (Wildman–Crippen MR) is 94.3 cm³/mol. The summed E-state index contributed by atoms with van der Waals surface area (Å²) in [6, 6.07) is 7.03. The normalized spacial score (nSPS) is 25.6. The van der Waals surface area contributed by atoms with E-state index < -0.39 is 0 Å². The average molecular weight is 333 g/mol. The molecule has 1 saturated carbocycles. The molecule has 132 valence electrons. The Hall–Kier alpha value is -1.62. The Morgan fingerprint density at radius 2 is 1.75 bits per heavy atom. The minimum atomic E-state index is -0.128. The van der Waals surface area contributed by atoms with E-state index in [2.05, 4.69) is 9.80 Å². The molecule has 0 spiro atoms. The quantitative estimate of drug-likeness (QED) is 0.901. The smallest absolute Gasteiger partial charge is 0.220 e. The van der Waals surface area contributed by atoms with E-state index in [1.165, 1.54) is 12.5 Å². The Kier molecular flexibility index (Phi) is 5.72. The largest absolute Gasteiger partial charge is 0.369 e. The second-order valence-corrected chi connectivity index (χ2v) is 7.19. The first-order valence-corrected chi connectivity index (χ1v) is 9.14. The molecule has 3 rings (SSSR count). The van der Waals surface area contributed by atoms with E-state index in [4.69, 9.17) is 5.73 Å². The van der Waals surface area contributed by atoms with Gasteiger partial charge < -0.3 is 10.6 Å². The third kappa shape index (κ3) is 4.26. The fraction of sp³-hybridized carbons (Fsp3) is 0.632. The van der Waals surface area contributed by atoms with E-state index in [0.29, 0.717) is 0 Å². The zero-order valence-corrected chi connectivity index (χ0v) is 14.3. The summed E-state index contributed by atoms with van der Waals surface area (Å²) in [6.07, 6.45) is 5.37. The predicted octanol–water partition coefficient (Wildman–Crippen LogP) is 2.63. The van der Waals surface area contributed by atoms with Crippen LogP contribution in [0.3, 0.4) is 0 Å². The standard InChI is InChI=1S/C19H28FN3O/c20-17-3-1-2-4-18(17)23-13-11-22(12-14-23)10-9-15-5-7-16(8-6-15)19(21)24/h1-4,15-16H,5-14H2,(H2,21,24). The van der Waals surface area contributed by atoms with Gasteiger partial charge in [0.25, 0.3) is 0 Å². The van der Waals surface area contributed by atoms with Crippen molar-refractivity contribution in [3.63, 3.8) is 0 Å². The molecule has 0 atom stereocenters. The average Bonchev–Trinajstić information content (AvgIpc) is 2.61. The van der Waals surface area contributed by atoms with Gasteiger partial charge in [-0.2, -0.15) is 0 Å². The van der Waals surface area contributed by atoms with Crippen LogP contribution >= 0.6 is 0 Å². The van der Waals surface area contributed by atoms with E-state index in [9.17, 15) is 9.18 Å². The number of primary amides is 1. The fourth-order valence-corrected chi connectivity index (χ4v) is 4.02. The van der Waals surface area contributed by atoms with Gasteiger partial charge in [0.05, 0.1) is 5.69 Å². The molecular formula is C19H28FN3O. The van der Waals surface area contributed by atoms with Gasteiger partial charge in [0.2, 0.25) is 5.91 Å². The van der Waals surface area contributed by atoms with E-state index in [0.717, 1.165) is 70.0 Å². The molecule has 24 heavy (non-hydrogen) atoms. The number of hydrogen-bond donors (Lipinski definition) is 1. The molecule has 0 aromatic heterocycles. The second kappa shape index (κ2) is 7.97. The van der Waals surface area contributed by atoms with E-state index in [-0.39, 0.29) is 17.6 Å². The molecule has 0 bridgehead atoms. The molecule has 1 heterocycles. The molecule has 1 saturated heterocycles. The summed E-state index contributed by atoms with van der Waals surface area (Å²) in [5, 5.41) is 0. The first-order valence-electron chi connectivity index (χ1n) is 9.14. The number of carbonyl (C=O) groups excluding carboxylic acids is 1. The highest BCUT2D eigenvalue weighted by atomic mass is 19.1. The zero-order valence-electron chi connectivity index (χ0n) is 14.3. The monoisotopic (exact) mass is 333 g/mol. The second-order valence-electron chi connectivity index (χ2n) is 7.19. The molecule has 1 aliphatic carbocycles. The van der Waals surface area contributed by atoms with Crippen LogP contribution in [-0.4, -0.2) is 43.5 Å². The van der Waals surface area contributed by atoms with Crippen LogP contribution in [0, 0.1) is 17.7 Å². The SMILES string of the molecule is NC(=O)C1CCC(CCN2CCN(c3ccccc3F)CC2)CC1. The Bertz CT molecular complexity index is 549. The van der Waals surface area contributed by atoms with E-state index in [1.807, 2.05) is 12.1 Å². The zero-order chi connectivity index (χ0) is 16.9. The van der Waals surface area contributed by atoms with Crippen molar-refractivity contribution in [2.75, 3.05) is 37.6 Å². The molecule has 1 aliphatic heterocycles. The Morgan fingerprint density at radius 1 is 1.08 bits per heavy atom. The first kappa shape index (κ1) is 17.2. The van der Waals surface area contributed by atoms with Gasteiger partial charge in [0.1, 0.15) is 5.82 Å². The van der Waals surface area contributed by atoms with Crippen molar-refractivity contribution in [1.82, 2.24) is 4.90 Å². The van der Waals surface area contributed by atoms with E-state index >= 15 is 0 Å². The highest BCUT2D eigenvalue weighted by Crippen LogP contribution is 2.31. The summed E-state index contributed by atoms with van der Waals surface area (Å²) in [5.74, 6) is 0.575. The topological polar surface area (TPSA) is 49.6 Å². The number of carbonyl (C=O) groups is 1. The number of anilines is 1. The highest BCUT2D eigenvalue weighted by molar-refractivity contribution is 5.76. The van der Waals surface area contributed by atoms with Crippen molar-refractivity contribution < 1.29 is 9.18 Å². The van der Waals surface area contributed by atoms with Gasteiger partial charge in [0.15, 0.2) is 0 Å². The van der Waals surface area contributed by atoms with Crippen molar-refractivity contribution in [2.45, 2.75) is 32.1 Å². The van der Waals surface area contributed by atoms with E-state index in [1.54, 1.807) is 6.07 Å². The fourth-order valence-electron chi connectivity index (χ4n) is 4.02. The Morgan fingerprint density at radius 3 is 2.38 bits per heavy atom. The third-order valence-electron chi connectivity index (χ3n) is 5.67. The number of rotatable bonds is 5. The van der Waals surface area contributed by atoms with Gasteiger partial charge in [-0.05, 0) is 56.7 Å². The van der Waals surface area contributed by atoms with Gasteiger partial charge in [-0.25, -0.2) is 4.39 Å². The lowest BCUT2D eigenvalue weighted by molar-refractivity contribution is -0.123. The van der Waals surface area contributed by atoms with Crippen molar-refractivity contribution in [3.05, 3.63) is 30.1 Å². The number of benzene rings is 1. The molecule has 1 aromatic carbocycles. The van der Waals surface area contributed by atoms with Crippen molar-refractivity contribution in [3.8, 4) is 0 Å². The minimum Gasteiger partial charge on any atom is -0.369 e. The van der Waals surface area contributed by atoms with Crippen LogP contribution in [0.1, 0.15) is 32.1 Å². The van der Waals surface area contributed by atoms with Crippen molar-refractivity contribution in [1.29, 1.82) is 0 Å². The molecule has 1 aromatic rings. The van der Waals surface area contributed by atoms with Crippen LogP contribution < -0.4 is 10.6 Å². The highest BCUT2D eigenvalue weighted by Gasteiger charge is 2.25. The van der Waals surface area contributed by atoms with Gasteiger partial charge >= 0.3 is 0 Å². The lowest BCUT2D eigenvalue weighted by Crippen LogP contribution is -2.47. The summed E-state index contributed by atoms with van der Waals surface area (Å²) in [6.45, 7) is 4.86. The molecule has 0 unspecified atom stereocenters. The minimum absolute atomic E-state index is 0.102. The Labute approximate surface area is 143 Å². The maximum absolute atomic E-state index is 13.9. The summed E-state index contributed by atoms with van der Waals surface area (Å²) >= 11 is 0. The number of nitrogens with zero attached hydrogens (tertiary/aromatic N) is 2. The van der Waals surface area contributed by atoms with Crippen molar-refractivity contribution in [2.24, 2.45) is 17.6 Å². The molecular weight excluding hydrogens is 305 g/mol. The van der Waals surface area contributed by atoms with Gasteiger partial charge in [0, 0.05) is 32.1 Å². The van der Waals surface area contributed by atoms with Gasteiger partial charge in [-0.15, -0.1) is 0 Å². The molecule has 1 amide bonds. The number of halogens is 1. The lowest BCUT2D eigenvalue weighted by Gasteiger charge is -2.37. The number of nitrogens with two attached hydrogens (primary N) is 1. The van der Waals surface area contributed by atoms with Gasteiger partial charge in [-0.1, -0.05) is 12.1 Å². The first-order chi connectivity index (χ1) is 11.6. The van der Waals surface area contributed by atoms with Crippen LogP contribution in [0.4, 0.5) is 10.1 Å². The molecule has 2 fully saturated rings. The number of hydrogen-bond acceptors (Lipinski definition) is 3. The number of para-hydroxylation sites is 1. The van der Waals surface area contributed by atoms with Gasteiger partial charge in [-0.3, -0.25) is 9.69 Å². The Balaban J connectivity index is 1.39. The lowest BCUT2D eigenvalue weighted by atomic mass is 9.80. The van der Waals surface area contributed by atoms with Crippen LogP contribution in [-0.2, 0) is 4.79 Å². The summed E-state index contributed by atoms with van der Waals surface area (Å²) < 4.78 is 13.9. The maximum Gasteiger partial charge on any atom is 0.220 e. The van der Waals surface area contributed by atoms with Crippen LogP contribution in [0.2, 0.25) is 0 Å². The van der Waals surface area contributed by atoms with Crippen LogP contribution in [0.25, 0.3) is 0 Å². The number of piperazine rings is 1. The summed E-state index contributed by atoms with van der Waals surface area (Å²) in [5.41, 5.74) is 6.12. The molecule has 4 nitrogen and oxygen atoms in total. The third-order valence-corrected chi connectivity index (χ3v) is 5.67. The molecule has 5 heteroatoms. The van der Waals surface area contributed by atoms with Crippen molar-refractivity contribution >= 4 is 11.6 Å². The molecule has 2 N–H and O–H groups in total. The molecule has 2 aliphatic rings. The van der Waals surface area contributed by atoms with Crippen LogP contribution in [0.5, 0.6) is 0 Å². The number of amides is 1. The summed E-state index contributed by atoms with van der Waals surface area (Å²) in [7, 11) is 0. The van der Waals surface area contributed by atoms with Crippen LogP contribution in [0.15, 0.2) is 24.3 Å².